The van der Waals surface area contributed by atoms with Crippen LogP contribution in [-0.2, 0) is 6.54 Å². The van der Waals surface area contributed by atoms with Crippen molar-refractivity contribution in [2.45, 2.75) is 13.5 Å². The minimum atomic E-state index is 0.309. The van der Waals surface area contributed by atoms with Gasteiger partial charge in [0.15, 0.2) is 11.5 Å². The molecule has 2 N–H and O–H groups in total. The summed E-state index contributed by atoms with van der Waals surface area (Å²) in [5.74, 6) is 1.18. The minimum Gasteiger partial charge on any atom is -0.477 e. The maximum atomic E-state index is 5.48. The fourth-order valence-corrected chi connectivity index (χ4v) is 1.17. The highest BCUT2D eigenvalue weighted by molar-refractivity contribution is 5.37. The van der Waals surface area contributed by atoms with Crippen molar-refractivity contribution in [2.75, 3.05) is 6.61 Å². The Balaban J connectivity index is 2.50. The normalized spacial score (nSPS) is 10.7. The Hall–Kier alpha value is -1.69. The van der Waals surface area contributed by atoms with Gasteiger partial charge in [-0.2, -0.15) is 4.52 Å². The van der Waals surface area contributed by atoms with Gasteiger partial charge in [0.1, 0.15) is 0 Å². The molecule has 0 saturated heterocycles. The maximum absolute atomic E-state index is 5.48. The van der Waals surface area contributed by atoms with Crippen molar-refractivity contribution < 1.29 is 4.74 Å². The van der Waals surface area contributed by atoms with Crippen molar-refractivity contribution in [2.24, 2.45) is 5.73 Å². The van der Waals surface area contributed by atoms with E-state index in [0.29, 0.717) is 30.5 Å². The maximum Gasteiger partial charge on any atom is 0.231 e. The van der Waals surface area contributed by atoms with Crippen molar-refractivity contribution >= 4 is 5.65 Å². The topological polar surface area (TPSA) is 78.3 Å². The average Bonchev–Trinajstić information content (AvgIpc) is 2.60. The molecule has 2 aromatic heterocycles. The standard InChI is InChI=1S/C8H11N5O/c1-2-14-8-4-3-6-10-11-7(5-9)13(6)12-8/h3-4H,2,5,9H2,1H3. The van der Waals surface area contributed by atoms with Gasteiger partial charge in [0, 0.05) is 6.07 Å². The van der Waals surface area contributed by atoms with Gasteiger partial charge in [0.25, 0.3) is 0 Å². The quantitative estimate of drug-likeness (QED) is 0.741. The van der Waals surface area contributed by atoms with Gasteiger partial charge in [-0.25, -0.2) is 0 Å². The molecule has 0 saturated carbocycles. The molecule has 0 aliphatic rings. The highest BCUT2D eigenvalue weighted by atomic mass is 16.5. The molecule has 14 heavy (non-hydrogen) atoms. The molecule has 0 unspecified atom stereocenters. The lowest BCUT2D eigenvalue weighted by Gasteiger charge is -2.01. The van der Waals surface area contributed by atoms with Gasteiger partial charge in [-0.1, -0.05) is 0 Å². The molecule has 6 nitrogen and oxygen atoms in total. The Morgan fingerprint density at radius 3 is 3.00 bits per heavy atom. The average molecular weight is 193 g/mol. The lowest BCUT2D eigenvalue weighted by molar-refractivity contribution is 0.321. The van der Waals surface area contributed by atoms with E-state index in [1.165, 1.54) is 0 Å². The number of hydrogen-bond donors (Lipinski definition) is 1. The first-order chi connectivity index (χ1) is 6.85. The number of fused-ring (bicyclic) bond motifs is 1. The Labute approximate surface area is 80.7 Å². The molecule has 0 radical (unpaired) electrons. The van der Waals surface area contributed by atoms with Gasteiger partial charge in [0.2, 0.25) is 5.88 Å². The van der Waals surface area contributed by atoms with Crippen LogP contribution >= 0.6 is 0 Å². The van der Waals surface area contributed by atoms with Crippen LogP contribution in [0.15, 0.2) is 12.1 Å². The molecular formula is C8H11N5O. The zero-order chi connectivity index (χ0) is 9.97. The van der Waals surface area contributed by atoms with E-state index in [9.17, 15) is 0 Å². The van der Waals surface area contributed by atoms with E-state index < -0.39 is 0 Å². The molecule has 0 bridgehead atoms. The summed E-state index contributed by atoms with van der Waals surface area (Å²) in [7, 11) is 0. The highest BCUT2D eigenvalue weighted by Crippen LogP contribution is 2.08. The number of hydrogen-bond acceptors (Lipinski definition) is 5. The third kappa shape index (κ3) is 1.39. The van der Waals surface area contributed by atoms with Gasteiger partial charge >= 0.3 is 0 Å². The van der Waals surface area contributed by atoms with Crippen LogP contribution in [0.1, 0.15) is 12.7 Å². The SMILES string of the molecule is CCOc1ccc2nnc(CN)n2n1. The molecule has 74 valence electrons. The largest absolute Gasteiger partial charge is 0.477 e. The molecule has 2 aromatic rings. The second kappa shape index (κ2) is 3.59. The Morgan fingerprint density at radius 2 is 2.29 bits per heavy atom. The molecule has 2 rings (SSSR count). The summed E-state index contributed by atoms with van der Waals surface area (Å²) in [4.78, 5) is 0. The van der Waals surface area contributed by atoms with Crippen molar-refractivity contribution in [3.05, 3.63) is 18.0 Å². The minimum absolute atomic E-state index is 0.309. The van der Waals surface area contributed by atoms with Gasteiger partial charge in [-0.05, 0) is 13.0 Å². The van der Waals surface area contributed by atoms with Crippen molar-refractivity contribution in [3.8, 4) is 5.88 Å². The van der Waals surface area contributed by atoms with Gasteiger partial charge in [-0.3, -0.25) is 0 Å². The predicted octanol–water partition coefficient (Wildman–Crippen LogP) is -0.0183. The Kier molecular flexibility index (Phi) is 2.28. The number of nitrogens with zero attached hydrogens (tertiary/aromatic N) is 4. The summed E-state index contributed by atoms with van der Waals surface area (Å²) in [5, 5.41) is 12.0. The lowest BCUT2D eigenvalue weighted by atomic mass is 10.5. The molecule has 6 heteroatoms. The van der Waals surface area contributed by atoms with Crippen molar-refractivity contribution in [1.82, 2.24) is 19.8 Å². The molecular weight excluding hydrogens is 182 g/mol. The fourth-order valence-electron chi connectivity index (χ4n) is 1.17. The number of aromatic nitrogens is 4. The highest BCUT2D eigenvalue weighted by Gasteiger charge is 2.05. The summed E-state index contributed by atoms with van der Waals surface area (Å²) in [6, 6.07) is 3.55. The van der Waals surface area contributed by atoms with E-state index in [0.717, 1.165) is 0 Å². The number of rotatable bonds is 3. The van der Waals surface area contributed by atoms with Crippen LogP contribution in [0.2, 0.25) is 0 Å². The third-order valence-corrected chi connectivity index (χ3v) is 1.78. The van der Waals surface area contributed by atoms with Crippen LogP contribution in [0.5, 0.6) is 5.88 Å². The molecule has 0 aliphatic carbocycles. The lowest BCUT2D eigenvalue weighted by Crippen LogP contribution is -2.06. The zero-order valence-corrected chi connectivity index (χ0v) is 7.84. The smallest absolute Gasteiger partial charge is 0.231 e. The zero-order valence-electron chi connectivity index (χ0n) is 7.84. The van der Waals surface area contributed by atoms with Crippen LogP contribution in [0, 0.1) is 0 Å². The first-order valence-electron chi connectivity index (χ1n) is 4.39. The van der Waals surface area contributed by atoms with Gasteiger partial charge in [-0.15, -0.1) is 15.3 Å². The summed E-state index contributed by atoms with van der Waals surface area (Å²) in [6.07, 6.45) is 0. The monoisotopic (exact) mass is 193 g/mol. The molecule has 2 heterocycles. The van der Waals surface area contributed by atoms with Gasteiger partial charge in [0.05, 0.1) is 13.2 Å². The van der Waals surface area contributed by atoms with E-state index in [2.05, 4.69) is 15.3 Å². The van der Waals surface area contributed by atoms with Crippen molar-refractivity contribution in [3.63, 3.8) is 0 Å². The molecule has 0 spiro atoms. The molecule has 0 aromatic carbocycles. The van der Waals surface area contributed by atoms with E-state index in [4.69, 9.17) is 10.5 Å². The van der Waals surface area contributed by atoms with E-state index in [1.807, 2.05) is 6.92 Å². The summed E-state index contributed by atoms with van der Waals surface area (Å²) >= 11 is 0. The van der Waals surface area contributed by atoms with E-state index in [1.54, 1.807) is 16.6 Å². The number of ether oxygens (including phenoxy) is 1. The summed E-state index contributed by atoms with van der Waals surface area (Å²) in [6.45, 7) is 2.80. The molecule has 0 fully saturated rings. The molecule has 0 amide bonds. The molecule has 0 aliphatic heterocycles. The third-order valence-electron chi connectivity index (χ3n) is 1.78. The van der Waals surface area contributed by atoms with Gasteiger partial charge < -0.3 is 10.5 Å². The second-order valence-corrected chi connectivity index (χ2v) is 2.69. The molecule has 0 atom stereocenters. The fraction of sp³-hybridized carbons (Fsp3) is 0.375. The Morgan fingerprint density at radius 1 is 1.43 bits per heavy atom. The van der Waals surface area contributed by atoms with E-state index in [-0.39, 0.29) is 0 Å². The first-order valence-corrected chi connectivity index (χ1v) is 4.39. The second-order valence-electron chi connectivity index (χ2n) is 2.69. The summed E-state index contributed by atoms with van der Waals surface area (Å²) in [5.41, 5.74) is 6.16. The van der Waals surface area contributed by atoms with E-state index >= 15 is 0 Å². The summed E-state index contributed by atoms with van der Waals surface area (Å²) < 4.78 is 6.84. The van der Waals surface area contributed by atoms with Crippen molar-refractivity contribution in [1.29, 1.82) is 0 Å². The van der Waals surface area contributed by atoms with Crippen LogP contribution < -0.4 is 10.5 Å². The Bertz CT molecular complexity index is 438. The van der Waals surface area contributed by atoms with Crippen LogP contribution in [0.3, 0.4) is 0 Å². The van der Waals surface area contributed by atoms with Crippen LogP contribution in [-0.4, -0.2) is 26.4 Å². The first kappa shape index (κ1) is 8.89. The number of nitrogens with two attached hydrogens (primary N) is 1. The van der Waals surface area contributed by atoms with Crippen LogP contribution in [0.25, 0.3) is 5.65 Å². The predicted molar refractivity (Wildman–Crippen MR) is 49.8 cm³/mol. The van der Waals surface area contributed by atoms with Crippen LogP contribution in [0.4, 0.5) is 0 Å².